The number of aryl methyl sites for hydroxylation is 2. The monoisotopic (exact) mass is 329 g/mol. The molecular formula is C14H20BrNOS. The number of halogens is 1. The van der Waals surface area contributed by atoms with Gasteiger partial charge in [0, 0.05) is 15.4 Å². The minimum atomic E-state index is 0.106. The molecule has 0 spiro atoms. The van der Waals surface area contributed by atoms with Crippen molar-refractivity contribution < 1.29 is 4.79 Å². The van der Waals surface area contributed by atoms with Crippen LogP contribution in [0.3, 0.4) is 0 Å². The van der Waals surface area contributed by atoms with Crippen molar-refractivity contribution >= 4 is 33.6 Å². The molecule has 1 amide bonds. The number of nitrogens with one attached hydrogen (secondary N) is 1. The van der Waals surface area contributed by atoms with Crippen molar-refractivity contribution in [3.8, 4) is 0 Å². The predicted octanol–water partition coefficient (Wildman–Crippen LogP) is 4.07. The lowest BCUT2D eigenvalue weighted by Gasteiger charge is -2.12. The molecule has 1 aromatic rings. The predicted molar refractivity (Wildman–Crippen MR) is 82.2 cm³/mol. The Morgan fingerprint density at radius 3 is 2.67 bits per heavy atom. The van der Waals surface area contributed by atoms with Gasteiger partial charge >= 0.3 is 0 Å². The summed E-state index contributed by atoms with van der Waals surface area (Å²) in [7, 11) is 0. The van der Waals surface area contributed by atoms with E-state index in [1.165, 1.54) is 16.0 Å². The summed E-state index contributed by atoms with van der Waals surface area (Å²) >= 11 is 5.11. The molecule has 0 aromatic heterocycles. The lowest BCUT2D eigenvalue weighted by Crippen LogP contribution is -2.33. The molecule has 1 N–H and O–H groups in total. The molecule has 0 aliphatic rings. The average Bonchev–Trinajstić information content (AvgIpc) is 2.32. The number of amides is 1. The van der Waals surface area contributed by atoms with E-state index in [9.17, 15) is 4.79 Å². The summed E-state index contributed by atoms with van der Waals surface area (Å²) in [5.41, 5.74) is 2.40. The van der Waals surface area contributed by atoms with Gasteiger partial charge in [-0.2, -0.15) is 0 Å². The van der Waals surface area contributed by atoms with Crippen LogP contribution in [0.4, 0.5) is 0 Å². The van der Waals surface area contributed by atoms with Gasteiger partial charge in [0.25, 0.3) is 0 Å². The van der Waals surface area contributed by atoms with Crippen molar-refractivity contribution in [1.29, 1.82) is 0 Å². The largest absolute Gasteiger partial charge is 0.353 e. The Balaban J connectivity index is 2.58. The van der Waals surface area contributed by atoms with Crippen LogP contribution in [0, 0.1) is 13.8 Å². The zero-order chi connectivity index (χ0) is 13.7. The molecule has 0 aliphatic carbocycles. The Hall–Kier alpha value is -0.480. The topological polar surface area (TPSA) is 29.1 Å². The van der Waals surface area contributed by atoms with Gasteiger partial charge < -0.3 is 5.32 Å². The van der Waals surface area contributed by atoms with Crippen molar-refractivity contribution in [3.63, 3.8) is 0 Å². The first-order chi connectivity index (χ1) is 8.43. The lowest BCUT2D eigenvalue weighted by atomic mass is 10.2. The third-order valence-corrected chi connectivity index (χ3v) is 4.85. The summed E-state index contributed by atoms with van der Waals surface area (Å²) in [4.78, 5) is 12.9. The van der Waals surface area contributed by atoms with Crippen molar-refractivity contribution in [3.05, 3.63) is 27.7 Å². The van der Waals surface area contributed by atoms with Gasteiger partial charge in [-0.05, 0) is 50.5 Å². The lowest BCUT2D eigenvalue weighted by molar-refractivity contribution is -0.119. The van der Waals surface area contributed by atoms with E-state index in [0.717, 1.165) is 10.9 Å². The van der Waals surface area contributed by atoms with E-state index in [4.69, 9.17) is 0 Å². The fourth-order valence-electron chi connectivity index (χ4n) is 1.47. The van der Waals surface area contributed by atoms with Crippen LogP contribution in [-0.4, -0.2) is 17.7 Å². The number of benzene rings is 1. The molecule has 1 unspecified atom stereocenters. The van der Waals surface area contributed by atoms with E-state index in [1.54, 1.807) is 11.8 Å². The van der Waals surface area contributed by atoms with E-state index in [1.807, 2.05) is 6.92 Å². The zero-order valence-corrected chi connectivity index (χ0v) is 13.7. The zero-order valence-electron chi connectivity index (χ0n) is 11.3. The van der Waals surface area contributed by atoms with E-state index in [0.29, 0.717) is 5.75 Å². The van der Waals surface area contributed by atoms with Gasteiger partial charge in [-0.3, -0.25) is 4.79 Å². The maximum Gasteiger partial charge on any atom is 0.230 e. The molecule has 0 saturated carbocycles. The SMILES string of the molecule is CCC(C)NC(=O)CSc1cc(C)c(Br)cc1C. The second-order valence-electron chi connectivity index (χ2n) is 4.53. The molecule has 100 valence electrons. The number of carbonyl (C=O) groups excluding carboxylic acids is 1. The molecule has 0 heterocycles. The number of hydrogen-bond acceptors (Lipinski definition) is 2. The van der Waals surface area contributed by atoms with Crippen LogP contribution < -0.4 is 5.32 Å². The van der Waals surface area contributed by atoms with Crippen molar-refractivity contribution in [2.75, 3.05) is 5.75 Å². The third-order valence-electron chi connectivity index (χ3n) is 2.83. The second-order valence-corrected chi connectivity index (χ2v) is 6.40. The Bertz CT molecular complexity index is 434. The Morgan fingerprint density at radius 1 is 1.39 bits per heavy atom. The maximum atomic E-state index is 11.7. The van der Waals surface area contributed by atoms with Gasteiger partial charge in [0.1, 0.15) is 0 Å². The highest BCUT2D eigenvalue weighted by atomic mass is 79.9. The fraction of sp³-hybridized carbons (Fsp3) is 0.500. The Morgan fingerprint density at radius 2 is 2.06 bits per heavy atom. The van der Waals surface area contributed by atoms with Crippen LogP contribution in [0.5, 0.6) is 0 Å². The first-order valence-corrected chi connectivity index (χ1v) is 7.90. The molecule has 0 saturated heterocycles. The van der Waals surface area contributed by atoms with Crippen LogP contribution in [0.2, 0.25) is 0 Å². The fourth-order valence-corrected chi connectivity index (χ4v) is 2.85. The molecule has 1 atom stereocenters. The van der Waals surface area contributed by atoms with Gasteiger partial charge in [-0.1, -0.05) is 22.9 Å². The minimum absolute atomic E-state index is 0.106. The normalized spacial score (nSPS) is 12.3. The summed E-state index contributed by atoms with van der Waals surface area (Å²) in [6, 6.07) is 4.48. The molecule has 1 rings (SSSR count). The van der Waals surface area contributed by atoms with Gasteiger partial charge in [-0.15, -0.1) is 11.8 Å². The van der Waals surface area contributed by atoms with Crippen LogP contribution in [0.1, 0.15) is 31.4 Å². The van der Waals surface area contributed by atoms with Crippen LogP contribution in [0.25, 0.3) is 0 Å². The van der Waals surface area contributed by atoms with Crippen LogP contribution in [0.15, 0.2) is 21.5 Å². The van der Waals surface area contributed by atoms with E-state index in [-0.39, 0.29) is 11.9 Å². The summed E-state index contributed by atoms with van der Waals surface area (Å²) in [6.45, 7) is 8.23. The van der Waals surface area contributed by atoms with Crippen molar-refractivity contribution in [2.24, 2.45) is 0 Å². The maximum absolute atomic E-state index is 11.7. The molecule has 4 heteroatoms. The Labute approximate surface area is 122 Å². The second kappa shape index (κ2) is 7.19. The number of thioether (sulfide) groups is 1. The van der Waals surface area contributed by atoms with Gasteiger partial charge in [-0.25, -0.2) is 0 Å². The number of hydrogen-bond donors (Lipinski definition) is 1. The quantitative estimate of drug-likeness (QED) is 0.825. The van der Waals surface area contributed by atoms with Gasteiger partial charge in [0.2, 0.25) is 5.91 Å². The summed E-state index contributed by atoms with van der Waals surface area (Å²) < 4.78 is 1.12. The number of rotatable bonds is 5. The summed E-state index contributed by atoms with van der Waals surface area (Å²) in [6.07, 6.45) is 0.965. The molecule has 0 fully saturated rings. The average molecular weight is 330 g/mol. The molecule has 0 bridgehead atoms. The molecule has 2 nitrogen and oxygen atoms in total. The minimum Gasteiger partial charge on any atom is -0.353 e. The first kappa shape index (κ1) is 15.6. The van der Waals surface area contributed by atoms with Crippen LogP contribution in [-0.2, 0) is 4.79 Å². The molecule has 1 aromatic carbocycles. The van der Waals surface area contributed by atoms with E-state index >= 15 is 0 Å². The smallest absolute Gasteiger partial charge is 0.230 e. The highest BCUT2D eigenvalue weighted by Gasteiger charge is 2.08. The first-order valence-electron chi connectivity index (χ1n) is 6.13. The van der Waals surface area contributed by atoms with Gasteiger partial charge in [0.05, 0.1) is 5.75 Å². The Kier molecular flexibility index (Phi) is 6.22. The molecule has 0 aliphatic heterocycles. The molecule has 18 heavy (non-hydrogen) atoms. The molecule has 0 radical (unpaired) electrons. The third kappa shape index (κ3) is 4.65. The summed E-state index contributed by atoms with van der Waals surface area (Å²) in [5, 5.41) is 2.98. The highest BCUT2D eigenvalue weighted by Crippen LogP contribution is 2.28. The van der Waals surface area contributed by atoms with E-state index < -0.39 is 0 Å². The standard InChI is InChI=1S/C14H20BrNOS/c1-5-11(4)16-14(17)8-18-13-7-9(2)12(15)6-10(13)3/h6-7,11H,5,8H2,1-4H3,(H,16,17). The number of carbonyl (C=O) groups is 1. The van der Waals surface area contributed by atoms with Gasteiger partial charge in [0.15, 0.2) is 0 Å². The van der Waals surface area contributed by atoms with E-state index in [2.05, 4.69) is 54.2 Å². The van der Waals surface area contributed by atoms with Crippen molar-refractivity contribution in [2.45, 2.75) is 45.1 Å². The van der Waals surface area contributed by atoms with Crippen LogP contribution >= 0.6 is 27.7 Å². The highest BCUT2D eigenvalue weighted by molar-refractivity contribution is 9.10. The molecular weight excluding hydrogens is 310 g/mol. The van der Waals surface area contributed by atoms with Crippen molar-refractivity contribution in [1.82, 2.24) is 5.32 Å². The summed E-state index contributed by atoms with van der Waals surface area (Å²) in [5.74, 6) is 0.584.